The standard InChI is InChI=1S/C17H15FN2OS/c1-20-14-9-8-13(18)11-15(14)22-17(20)19-16(21)10-7-12-5-3-2-4-6-12/h2-6,8-9,11H,7,10H2,1H3. The van der Waals surface area contributed by atoms with E-state index in [1.54, 1.807) is 6.07 Å². The van der Waals surface area contributed by atoms with E-state index in [2.05, 4.69) is 4.99 Å². The second-order valence-electron chi connectivity index (χ2n) is 5.05. The Balaban J connectivity index is 1.82. The van der Waals surface area contributed by atoms with Gasteiger partial charge in [0.1, 0.15) is 5.82 Å². The molecule has 5 heteroatoms. The van der Waals surface area contributed by atoms with Crippen molar-refractivity contribution in [2.24, 2.45) is 12.0 Å². The van der Waals surface area contributed by atoms with E-state index in [9.17, 15) is 9.18 Å². The summed E-state index contributed by atoms with van der Waals surface area (Å²) in [4.78, 5) is 16.8. The lowest BCUT2D eigenvalue weighted by Gasteiger charge is -1.98. The minimum absolute atomic E-state index is 0.161. The van der Waals surface area contributed by atoms with Gasteiger partial charge in [-0.3, -0.25) is 4.79 Å². The molecule has 0 aliphatic carbocycles. The van der Waals surface area contributed by atoms with Crippen molar-refractivity contribution < 1.29 is 9.18 Å². The Morgan fingerprint density at radius 2 is 2.00 bits per heavy atom. The molecule has 0 aliphatic heterocycles. The van der Waals surface area contributed by atoms with Gasteiger partial charge >= 0.3 is 0 Å². The zero-order valence-electron chi connectivity index (χ0n) is 12.1. The van der Waals surface area contributed by atoms with Crippen molar-refractivity contribution >= 4 is 27.5 Å². The number of amides is 1. The maximum absolute atomic E-state index is 13.2. The fraction of sp³-hybridized carbons (Fsp3) is 0.176. The van der Waals surface area contributed by atoms with Crippen molar-refractivity contribution in [2.45, 2.75) is 12.8 Å². The minimum atomic E-state index is -0.281. The van der Waals surface area contributed by atoms with Crippen LogP contribution in [0.4, 0.5) is 4.39 Å². The maximum atomic E-state index is 13.2. The molecule has 0 saturated carbocycles. The van der Waals surface area contributed by atoms with E-state index >= 15 is 0 Å². The van der Waals surface area contributed by atoms with Crippen molar-refractivity contribution in [2.75, 3.05) is 0 Å². The van der Waals surface area contributed by atoms with E-state index in [-0.39, 0.29) is 11.7 Å². The molecule has 112 valence electrons. The molecule has 3 rings (SSSR count). The Labute approximate surface area is 131 Å². The monoisotopic (exact) mass is 314 g/mol. The predicted octanol–water partition coefficient (Wildman–Crippen LogP) is 3.44. The van der Waals surface area contributed by atoms with Crippen LogP contribution in [0.2, 0.25) is 0 Å². The minimum Gasteiger partial charge on any atom is -0.319 e. The van der Waals surface area contributed by atoms with Crippen LogP contribution in [0, 0.1) is 5.82 Å². The average Bonchev–Trinajstić information content (AvgIpc) is 2.82. The molecule has 2 aromatic carbocycles. The molecule has 1 aromatic heterocycles. The van der Waals surface area contributed by atoms with Crippen molar-refractivity contribution in [3.63, 3.8) is 0 Å². The number of aryl methyl sites for hydroxylation is 2. The second kappa shape index (κ2) is 6.23. The number of thiazole rings is 1. The summed E-state index contributed by atoms with van der Waals surface area (Å²) in [6.07, 6.45) is 1.04. The lowest BCUT2D eigenvalue weighted by molar-refractivity contribution is -0.118. The zero-order chi connectivity index (χ0) is 15.5. The SMILES string of the molecule is Cn1c(=NC(=O)CCc2ccccc2)sc2cc(F)ccc21. The molecule has 1 amide bonds. The highest BCUT2D eigenvalue weighted by atomic mass is 32.1. The van der Waals surface area contributed by atoms with E-state index < -0.39 is 0 Å². The summed E-state index contributed by atoms with van der Waals surface area (Å²) in [7, 11) is 1.83. The Morgan fingerprint density at radius 3 is 2.77 bits per heavy atom. The van der Waals surface area contributed by atoms with Crippen LogP contribution in [0.5, 0.6) is 0 Å². The molecule has 22 heavy (non-hydrogen) atoms. The van der Waals surface area contributed by atoms with Gasteiger partial charge in [0.05, 0.1) is 10.2 Å². The van der Waals surface area contributed by atoms with Crippen molar-refractivity contribution in [1.82, 2.24) is 4.57 Å². The number of rotatable bonds is 3. The van der Waals surface area contributed by atoms with Gasteiger partial charge in [0.2, 0.25) is 5.91 Å². The van der Waals surface area contributed by atoms with Gasteiger partial charge in [0, 0.05) is 13.5 Å². The van der Waals surface area contributed by atoms with Crippen LogP contribution in [0.3, 0.4) is 0 Å². The summed E-state index contributed by atoms with van der Waals surface area (Å²) in [5.41, 5.74) is 2.00. The first-order chi connectivity index (χ1) is 10.6. The Morgan fingerprint density at radius 1 is 1.23 bits per heavy atom. The summed E-state index contributed by atoms with van der Waals surface area (Å²) < 4.78 is 15.9. The van der Waals surface area contributed by atoms with Gasteiger partial charge in [0.15, 0.2) is 4.80 Å². The van der Waals surface area contributed by atoms with Gasteiger partial charge in [-0.2, -0.15) is 4.99 Å². The molecule has 0 unspecified atom stereocenters. The van der Waals surface area contributed by atoms with Crippen LogP contribution in [0.15, 0.2) is 53.5 Å². The van der Waals surface area contributed by atoms with Gasteiger partial charge < -0.3 is 4.57 Å². The van der Waals surface area contributed by atoms with Crippen molar-refractivity contribution in [3.05, 3.63) is 64.7 Å². The fourth-order valence-electron chi connectivity index (χ4n) is 2.27. The number of carbonyl (C=O) groups excluding carboxylic acids is 1. The molecule has 0 bridgehead atoms. The van der Waals surface area contributed by atoms with E-state index in [1.807, 2.05) is 41.9 Å². The average molecular weight is 314 g/mol. The number of benzene rings is 2. The zero-order valence-corrected chi connectivity index (χ0v) is 12.9. The lowest BCUT2D eigenvalue weighted by Crippen LogP contribution is -2.13. The first-order valence-corrected chi connectivity index (χ1v) is 7.82. The van der Waals surface area contributed by atoms with Gasteiger partial charge in [-0.05, 0) is 30.2 Å². The summed E-state index contributed by atoms with van der Waals surface area (Å²) in [6.45, 7) is 0. The smallest absolute Gasteiger partial charge is 0.248 e. The number of nitrogens with zero attached hydrogens (tertiary/aromatic N) is 2. The molecule has 0 N–H and O–H groups in total. The number of carbonyl (C=O) groups is 1. The molecule has 0 saturated heterocycles. The van der Waals surface area contributed by atoms with E-state index in [4.69, 9.17) is 0 Å². The summed E-state index contributed by atoms with van der Waals surface area (Å²) in [5, 5.41) is 0. The van der Waals surface area contributed by atoms with Crippen molar-refractivity contribution in [1.29, 1.82) is 0 Å². The number of aromatic nitrogens is 1. The number of hydrogen-bond acceptors (Lipinski definition) is 2. The van der Waals surface area contributed by atoms with Gasteiger partial charge in [-0.1, -0.05) is 41.7 Å². The predicted molar refractivity (Wildman–Crippen MR) is 86.1 cm³/mol. The van der Waals surface area contributed by atoms with E-state index in [0.29, 0.717) is 17.6 Å². The maximum Gasteiger partial charge on any atom is 0.248 e. The number of halogens is 1. The molecular formula is C17H15FN2OS. The molecule has 0 radical (unpaired) electrons. The van der Waals surface area contributed by atoms with Crippen LogP contribution >= 0.6 is 11.3 Å². The number of fused-ring (bicyclic) bond motifs is 1. The van der Waals surface area contributed by atoms with Crippen LogP contribution in [-0.4, -0.2) is 10.5 Å². The fourth-order valence-corrected chi connectivity index (χ4v) is 3.33. The highest BCUT2D eigenvalue weighted by Gasteiger charge is 2.06. The number of hydrogen-bond donors (Lipinski definition) is 0. The first-order valence-electron chi connectivity index (χ1n) is 7.00. The van der Waals surface area contributed by atoms with Gasteiger partial charge in [-0.15, -0.1) is 0 Å². The van der Waals surface area contributed by atoms with E-state index in [1.165, 1.54) is 23.5 Å². The molecule has 1 heterocycles. The quantitative estimate of drug-likeness (QED) is 0.729. The van der Waals surface area contributed by atoms with Crippen LogP contribution < -0.4 is 4.80 Å². The van der Waals surface area contributed by atoms with Crippen LogP contribution in [-0.2, 0) is 18.3 Å². The largest absolute Gasteiger partial charge is 0.319 e. The summed E-state index contributed by atoms with van der Waals surface area (Å²) >= 11 is 1.32. The Bertz CT molecular complexity index is 881. The van der Waals surface area contributed by atoms with Crippen LogP contribution in [0.25, 0.3) is 10.2 Å². The molecule has 0 atom stereocenters. The van der Waals surface area contributed by atoms with Crippen molar-refractivity contribution in [3.8, 4) is 0 Å². The van der Waals surface area contributed by atoms with Crippen LogP contribution in [0.1, 0.15) is 12.0 Å². The highest BCUT2D eigenvalue weighted by molar-refractivity contribution is 7.16. The molecule has 3 nitrogen and oxygen atoms in total. The Kier molecular flexibility index (Phi) is 4.15. The third-order valence-electron chi connectivity index (χ3n) is 3.46. The normalized spacial score (nSPS) is 12.0. The second-order valence-corrected chi connectivity index (χ2v) is 6.06. The first kappa shape index (κ1) is 14.7. The molecule has 0 fully saturated rings. The molecular weight excluding hydrogens is 299 g/mol. The van der Waals surface area contributed by atoms with E-state index in [0.717, 1.165) is 15.8 Å². The molecule has 3 aromatic rings. The lowest BCUT2D eigenvalue weighted by atomic mass is 10.1. The third-order valence-corrected chi connectivity index (χ3v) is 4.56. The van der Waals surface area contributed by atoms with Gasteiger partial charge in [0.25, 0.3) is 0 Å². The summed E-state index contributed by atoms with van der Waals surface area (Å²) in [5.74, 6) is -0.442. The Hall–Kier alpha value is -2.27. The molecule has 0 spiro atoms. The summed E-state index contributed by atoms with van der Waals surface area (Å²) in [6, 6.07) is 14.4. The molecule has 0 aliphatic rings. The highest BCUT2D eigenvalue weighted by Crippen LogP contribution is 2.17. The topological polar surface area (TPSA) is 34.4 Å². The third kappa shape index (κ3) is 3.14. The van der Waals surface area contributed by atoms with Gasteiger partial charge in [-0.25, -0.2) is 4.39 Å².